The van der Waals surface area contributed by atoms with Gasteiger partial charge in [-0.3, -0.25) is 0 Å². The third kappa shape index (κ3) is 5.87. The van der Waals surface area contributed by atoms with Crippen LogP contribution in [0.3, 0.4) is 0 Å². The van der Waals surface area contributed by atoms with Gasteiger partial charge in [0, 0.05) is 32.4 Å². The largest absolute Gasteiger partial charge is 0.378 e. The number of guanidine groups is 1. The molecule has 0 radical (unpaired) electrons. The Hall–Kier alpha value is -1.24. The molecule has 4 nitrogen and oxygen atoms in total. The summed E-state index contributed by atoms with van der Waals surface area (Å²) in [5.74, 6) is 0.904. The van der Waals surface area contributed by atoms with Crippen LogP contribution in [-0.4, -0.2) is 32.6 Å². The summed E-state index contributed by atoms with van der Waals surface area (Å²) in [6.07, 6.45) is 6.62. The van der Waals surface area contributed by atoms with Gasteiger partial charge in [0.25, 0.3) is 0 Å². The van der Waals surface area contributed by atoms with Crippen molar-refractivity contribution in [2.75, 3.05) is 25.5 Å². The summed E-state index contributed by atoms with van der Waals surface area (Å²) in [6.45, 7) is 3.66. The molecule has 1 aliphatic rings. The van der Waals surface area contributed by atoms with Crippen molar-refractivity contribution in [2.24, 2.45) is 4.99 Å². The number of anilines is 1. The summed E-state index contributed by atoms with van der Waals surface area (Å²) < 4.78 is 0. The minimum Gasteiger partial charge on any atom is -0.378 e. The Balaban J connectivity index is 0.00000242. The summed E-state index contributed by atoms with van der Waals surface area (Å²) in [5, 5.41) is 6.81. The van der Waals surface area contributed by atoms with Gasteiger partial charge in [-0.15, -0.1) is 24.0 Å². The Kier molecular flexibility index (Phi) is 8.30. The number of rotatable bonds is 5. The lowest BCUT2D eigenvalue weighted by Gasteiger charge is -2.17. The number of nitrogens with zero attached hydrogens (tertiary/aromatic N) is 2. The smallest absolute Gasteiger partial charge is 0.191 e. The van der Waals surface area contributed by atoms with E-state index >= 15 is 0 Å². The zero-order valence-corrected chi connectivity index (χ0v) is 16.0. The van der Waals surface area contributed by atoms with Crippen molar-refractivity contribution in [1.82, 2.24) is 10.6 Å². The first kappa shape index (κ1) is 18.8. The van der Waals surface area contributed by atoms with Gasteiger partial charge in [-0.1, -0.05) is 24.3 Å². The molecule has 0 aromatic heterocycles. The Labute approximate surface area is 151 Å². The summed E-state index contributed by atoms with van der Waals surface area (Å²) in [7, 11) is 4.11. The lowest BCUT2D eigenvalue weighted by atomic mass is 10.2. The zero-order chi connectivity index (χ0) is 15.1. The quantitative estimate of drug-likeness (QED) is 0.337. The Morgan fingerprint density at radius 3 is 2.64 bits per heavy atom. The van der Waals surface area contributed by atoms with Crippen LogP contribution >= 0.6 is 24.0 Å². The van der Waals surface area contributed by atoms with E-state index in [1.54, 1.807) is 0 Å². The lowest BCUT2D eigenvalue weighted by molar-refractivity contribution is 0.633. The predicted molar refractivity (Wildman–Crippen MR) is 106 cm³/mol. The van der Waals surface area contributed by atoms with Gasteiger partial charge in [-0.25, -0.2) is 4.99 Å². The third-order valence-corrected chi connectivity index (χ3v) is 3.54. The predicted octanol–water partition coefficient (Wildman–Crippen LogP) is 3.14. The van der Waals surface area contributed by atoms with Gasteiger partial charge in [-0.05, 0) is 37.5 Å². The number of benzene rings is 1. The second-order valence-electron chi connectivity index (χ2n) is 5.54. The van der Waals surface area contributed by atoms with Gasteiger partial charge < -0.3 is 15.5 Å². The number of hydrogen-bond donors (Lipinski definition) is 2. The van der Waals surface area contributed by atoms with Crippen molar-refractivity contribution in [1.29, 1.82) is 0 Å². The summed E-state index contributed by atoms with van der Waals surface area (Å²) in [5.41, 5.74) is 2.43. The topological polar surface area (TPSA) is 39.7 Å². The van der Waals surface area contributed by atoms with Crippen LogP contribution in [0.2, 0.25) is 0 Å². The van der Waals surface area contributed by atoms with Gasteiger partial charge in [-0.2, -0.15) is 0 Å². The first-order valence-electron chi connectivity index (χ1n) is 7.65. The molecule has 0 atom stereocenters. The van der Waals surface area contributed by atoms with Gasteiger partial charge in [0.05, 0.1) is 6.54 Å². The van der Waals surface area contributed by atoms with Crippen LogP contribution in [0.5, 0.6) is 0 Å². The SMILES string of the molecule is CCNC(=NCc1cccc(N(C)C)c1)NC1CC=CC1.I. The molecule has 1 aromatic carbocycles. The molecule has 0 heterocycles. The molecule has 0 spiro atoms. The van der Waals surface area contributed by atoms with E-state index < -0.39 is 0 Å². The molecule has 122 valence electrons. The molecule has 1 aromatic rings. The second-order valence-corrected chi connectivity index (χ2v) is 5.54. The summed E-state index contributed by atoms with van der Waals surface area (Å²) in [6, 6.07) is 8.99. The molecule has 0 unspecified atom stereocenters. The monoisotopic (exact) mass is 414 g/mol. The van der Waals surface area contributed by atoms with Crippen molar-refractivity contribution in [3.63, 3.8) is 0 Å². The Morgan fingerprint density at radius 2 is 2.00 bits per heavy atom. The standard InChI is InChI=1S/C17H26N4.HI/c1-4-18-17(20-15-9-5-6-10-15)19-13-14-8-7-11-16(12-14)21(2)3;/h5-8,11-12,15H,4,9-10,13H2,1-3H3,(H2,18,19,20);1H. The van der Waals surface area contributed by atoms with Gasteiger partial charge in [0.15, 0.2) is 5.96 Å². The molecular formula is C17H27IN4. The van der Waals surface area contributed by atoms with Crippen LogP contribution < -0.4 is 15.5 Å². The van der Waals surface area contributed by atoms with Crippen molar-refractivity contribution >= 4 is 35.6 Å². The third-order valence-electron chi connectivity index (χ3n) is 3.54. The first-order chi connectivity index (χ1) is 10.2. The average Bonchev–Trinajstić information content (AvgIpc) is 2.98. The lowest BCUT2D eigenvalue weighted by Crippen LogP contribution is -2.42. The van der Waals surface area contributed by atoms with Crippen LogP contribution in [0.15, 0.2) is 41.4 Å². The fourth-order valence-corrected chi connectivity index (χ4v) is 2.35. The minimum atomic E-state index is 0. The van der Waals surface area contributed by atoms with E-state index in [0.717, 1.165) is 25.3 Å². The molecule has 1 aliphatic carbocycles. The maximum Gasteiger partial charge on any atom is 0.191 e. The molecule has 2 rings (SSSR count). The molecule has 0 aliphatic heterocycles. The molecule has 0 saturated heterocycles. The highest BCUT2D eigenvalue weighted by Gasteiger charge is 2.11. The zero-order valence-electron chi connectivity index (χ0n) is 13.7. The van der Waals surface area contributed by atoms with Crippen LogP contribution in [0.25, 0.3) is 0 Å². The van der Waals surface area contributed by atoms with Crippen molar-refractivity contribution in [2.45, 2.75) is 32.4 Å². The normalized spacial score (nSPS) is 14.6. The molecule has 0 bridgehead atoms. The second kappa shape index (κ2) is 9.71. The highest BCUT2D eigenvalue weighted by Crippen LogP contribution is 2.14. The van der Waals surface area contributed by atoms with Gasteiger partial charge in [0.1, 0.15) is 0 Å². The molecule has 0 amide bonds. The fraction of sp³-hybridized carbons (Fsp3) is 0.471. The molecule has 0 fully saturated rings. The van der Waals surface area contributed by atoms with Gasteiger partial charge in [0.2, 0.25) is 0 Å². The first-order valence-corrected chi connectivity index (χ1v) is 7.65. The summed E-state index contributed by atoms with van der Waals surface area (Å²) in [4.78, 5) is 6.81. The molecular weight excluding hydrogens is 387 g/mol. The van der Waals surface area contributed by atoms with E-state index in [2.05, 4.69) is 73.0 Å². The number of aliphatic imine (C=N–C) groups is 1. The highest BCUT2D eigenvalue weighted by atomic mass is 127. The van der Waals surface area contributed by atoms with E-state index in [1.807, 2.05) is 0 Å². The van der Waals surface area contributed by atoms with E-state index in [4.69, 9.17) is 4.99 Å². The minimum absolute atomic E-state index is 0. The van der Waals surface area contributed by atoms with Crippen LogP contribution in [0, 0.1) is 0 Å². The Bertz CT molecular complexity index is 503. The molecule has 22 heavy (non-hydrogen) atoms. The Morgan fingerprint density at radius 1 is 1.27 bits per heavy atom. The molecule has 5 heteroatoms. The number of hydrogen-bond acceptors (Lipinski definition) is 2. The van der Waals surface area contributed by atoms with E-state index in [0.29, 0.717) is 12.6 Å². The fourth-order valence-electron chi connectivity index (χ4n) is 2.35. The number of nitrogens with one attached hydrogen (secondary N) is 2. The van der Waals surface area contributed by atoms with Crippen molar-refractivity contribution in [3.8, 4) is 0 Å². The van der Waals surface area contributed by atoms with E-state index in [9.17, 15) is 0 Å². The van der Waals surface area contributed by atoms with E-state index in [-0.39, 0.29) is 24.0 Å². The van der Waals surface area contributed by atoms with Crippen molar-refractivity contribution < 1.29 is 0 Å². The molecule has 2 N–H and O–H groups in total. The van der Waals surface area contributed by atoms with Crippen LogP contribution in [0.1, 0.15) is 25.3 Å². The van der Waals surface area contributed by atoms with Crippen molar-refractivity contribution in [3.05, 3.63) is 42.0 Å². The number of halogens is 1. The average molecular weight is 414 g/mol. The van der Waals surface area contributed by atoms with Crippen LogP contribution in [-0.2, 0) is 6.54 Å². The summed E-state index contributed by atoms with van der Waals surface area (Å²) >= 11 is 0. The van der Waals surface area contributed by atoms with Crippen LogP contribution in [0.4, 0.5) is 5.69 Å². The molecule has 0 saturated carbocycles. The maximum absolute atomic E-state index is 4.70. The highest BCUT2D eigenvalue weighted by molar-refractivity contribution is 14.0. The van der Waals surface area contributed by atoms with Gasteiger partial charge >= 0.3 is 0 Å². The maximum atomic E-state index is 4.70. The van der Waals surface area contributed by atoms with E-state index in [1.165, 1.54) is 11.3 Å².